The lowest BCUT2D eigenvalue weighted by atomic mass is 10.1. The van der Waals surface area contributed by atoms with E-state index in [0.717, 1.165) is 11.1 Å². The highest BCUT2D eigenvalue weighted by molar-refractivity contribution is 7.08. The Balaban J connectivity index is 2.03. The predicted octanol–water partition coefficient (Wildman–Crippen LogP) is 2.68. The maximum atomic E-state index is 11.9. The Bertz CT molecular complexity index is 619. The molecule has 19 heavy (non-hydrogen) atoms. The maximum Gasteiger partial charge on any atom is 0.335 e. The summed E-state index contributed by atoms with van der Waals surface area (Å²) >= 11 is 1.48. The van der Waals surface area contributed by atoms with E-state index in [4.69, 9.17) is 5.11 Å². The summed E-state index contributed by atoms with van der Waals surface area (Å²) in [6, 6.07) is 6.54. The number of hydrogen-bond acceptors (Lipinski definition) is 3. The molecule has 0 spiro atoms. The van der Waals surface area contributed by atoms with Crippen molar-refractivity contribution in [3.63, 3.8) is 0 Å². The van der Waals surface area contributed by atoms with E-state index >= 15 is 0 Å². The second-order valence-corrected chi connectivity index (χ2v) is 4.90. The summed E-state index contributed by atoms with van der Waals surface area (Å²) in [5, 5.41) is 15.4. The van der Waals surface area contributed by atoms with Crippen LogP contribution in [0.2, 0.25) is 0 Å². The Morgan fingerprint density at radius 3 is 2.74 bits per heavy atom. The van der Waals surface area contributed by atoms with Crippen LogP contribution >= 0.6 is 11.3 Å². The lowest BCUT2D eigenvalue weighted by Gasteiger charge is -2.06. The zero-order chi connectivity index (χ0) is 13.8. The number of nitrogens with one attached hydrogen (secondary N) is 1. The van der Waals surface area contributed by atoms with Crippen LogP contribution in [0.3, 0.4) is 0 Å². The number of aryl methyl sites for hydroxylation is 1. The van der Waals surface area contributed by atoms with Gasteiger partial charge in [0.05, 0.1) is 11.1 Å². The molecule has 0 bridgehead atoms. The van der Waals surface area contributed by atoms with Crippen molar-refractivity contribution in [3.05, 3.63) is 57.3 Å². The second-order valence-electron chi connectivity index (χ2n) is 4.16. The standard InChI is InChI=1S/C14H13NO3S/c1-9-7-19-8-12(9)13(16)15-6-10-3-2-4-11(5-10)14(17)18/h2-5,7-8H,6H2,1H3,(H,15,16)(H,17,18). The second kappa shape index (κ2) is 5.67. The third kappa shape index (κ3) is 3.20. The summed E-state index contributed by atoms with van der Waals surface area (Å²) in [6.07, 6.45) is 0. The lowest BCUT2D eigenvalue weighted by Crippen LogP contribution is -2.23. The summed E-state index contributed by atoms with van der Waals surface area (Å²) in [5.41, 5.74) is 2.60. The molecule has 0 radical (unpaired) electrons. The highest BCUT2D eigenvalue weighted by atomic mass is 32.1. The van der Waals surface area contributed by atoms with Crippen molar-refractivity contribution in [2.75, 3.05) is 0 Å². The molecule has 0 atom stereocenters. The molecule has 2 rings (SSSR count). The van der Waals surface area contributed by atoms with Gasteiger partial charge in [-0.1, -0.05) is 12.1 Å². The highest BCUT2D eigenvalue weighted by Gasteiger charge is 2.09. The van der Waals surface area contributed by atoms with E-state index in [9.17, 15) is 9.59 Å². The summed E-state index contributed by atoms with van der Waals surface area (Å²) in [6.45, 7) is 2.20. The summed E-state index contributed by atoms with van der Waals surface area (Å²) in [4.78, 5) is 22.7. The van der Waals surface area contributed by atoms with E-state index in [1.165, 1.54) is 17.4 Å². The van der Waals surface area contributed by atoms with Crippen molar-refractivity contribution in [1.29, 1.82) is 0 Å². The van der Waals surface area contributed by atoms with Gasteiger partial charge in [0.1, 0.15) is 0 Å². The van der Waals surface area contributed by atoms with Gasteiger partial charge < -0.3 is 10.4 Å². The number of carboxylic acids is 1. The van der Waals surface area contributed by atoms with E-state index in [-0.39, 0.29) is 11.5 Å². The van der Waals surface area contributed by atoms with Crippen molar-refractivity contribution in [2.45, 2.75) is 13.5 Å². The summed E-state index contributed by atoms with van der Waals surface area (Å²) in [7, 11) is 0. The van der Waals surface area contributed by atoms with Crippen LogP contribution in [-0.2, 0) is 6.54 Å². The van der Waals surface area contributed by atoms with Gasteiger partial charge in [0, 0.05) is 11.9 Å². The number of benzene rings is 1. The molecule has 0 unspecified atom stereocenters. The van der Waals surface area contributed by atoms with Crippen LogP contribution in [0.25, 0.3) is 0 Å². The van der Waals surface area contributed by atoms with Crippen LogP contribution in [0.5, 0.6) is 0 Å². The minimum atomic E-state index is -0.971. The van der Waals surface area contributed by atoms with Crippen LogP contribution in [0.15, 0.2) is 35.0 Å². The fourth-order valence-corrected chi connectivity index (χ4v) is 2.51. The first-order valence-corrected chi connectivity index (χ1v) is 6.65. The molecule has 98 valence electrons. The van der Waals surface area contributed by atoms with Crippen LogP contribution in [0.1, 0.15) is 31.8 Å². The van der Waals surface area contributed by atoms with Gasteiger partial charge in [-0.25, -0.2) is 4.79 Å². The number of amides is 1. The molecule has 0 saturated carbocycles. The molecule has 5 heteroatoms. The number of thiophene rings is 1. The fraction of sp³-hybridized carbons (Fsp3) is 0.143. The molecule has 2 aromatic rings. The summed E-state index contributed by atoms with van der Waals surface area (Å²) < 4.78 is 0. The molecule has 0 fully saturated rings. The van der Waals surface area contributed by atoms with Crippen LogP contribution < -0.4 is 5.32 Å². The number of hydrogen-bond donors (Lipinski definition) is 2. The Morgan fingerprint density at radius 1 is 1.32 bits per heavy atom. The maximum absolute atomic E-state index is 11.9. The third-order valence-electron chi connectivity index (χ3n) is 2.73. The topological polar surface area (TPSA) is 66.4 Å². The predicted molar refractivity (Wildman–Crippen MR) is 73.6 cm³/mol. The monoisotopic (exact) mass is 275 g/mol. The highest BCUT2D eigenvalue weighted by Crippen LogP contribution is 2.13. The zero-order valence-electron chi connectivity index (χ0n) is 10.3. The minimum absolute atomic E-state index is 0.139. The molecule has 0 saturated heterocycles. The Labute approximate surface area is 114 Å². The number of aromatic carboxylic acids is 1. The van der Waals surface area contributed by atoms with Gasteiger partial charge in [-0.05, 0) is 35.6 Å². The molecule has 4 nitrogen and oxygen atoms in total. The molecule has 0 aliphatic heterocycles. The number of carbonyl (C=O) groups is 2. The van der Waals surface area contributed by atoms with Crippen molar-refractivity contribution in [1.82, 2.24) is 5.32 Å². The number of carbonyl (C=O) groups excluding carboxylic acids is 1. The molecule has 0 aliphatic rings. The average Bonchev–Trinajstić information content (AvgIpc) is 2.82. The van der Waals surface area contributed by atoms with E-state index < -0.39 is 5.97 Å². The Hall–Kier alpha value is -2.14. The fourth-order valence-electron chi connectivity index (χ4n) is 1.69. The van der Waals surface area contributed by atoms with Gasteiger partial charge in [0.25, 0.3) is 5.91 Å². The molecule has 1 aromatic carbocycles. The van der Waals surface area contributed by atoms with E-state index in [1.807, 2.05) is 12.3 Å². The number of carboxylic acid groups (broad SMARTS) is 1. The molecule has 2 N–H and O–H groups in total. The van der Waals surface area contributed by atoms with Crippen molar-refractivity contribution < 1.29 is 14.7 Å². The smallest absolute Gasteiger partial charge is 0.335 e. The van der Waals surface area contributed by atoms with Gasteiger partial charge in [-0.3, -0.25) is 4.79 Å². The van der Waals surface area contributed by atoms with Gasteiger partial charge in [-0.2, -0.15) is 11.3 Å². The molecule has 1 aromatic heterocycles. The van der Waals surface area contributed by atoms with Crippen LogP contribution in [-0.4, -0.2) is 17.0 Å². The molecule has 1 amide bonds. The lowest BCUT2D eigenvalue weighted by molar-refractivity contribution is 0.0696. The van der Waals surface area contributed by atoms with E-state index in [2.05, 4.69) is 5.32 Å². The van der Waals surface area contributed by atoms with Gasteiger partial charge in [-0.15, -0.1) is 0 Å². The van der Waals surface area contributed by atoms with Gasteiger partial charge in [0.15, 0.2) is 0 Å². The first-order valence-electron chi connectivity index (χ1n) is 5.71. The van der Waals surface area contributed by atoms with E-state index in [0.29, 0.717) is 12.1 Å². The molecule has 0 aliphatic carbocycles. The molecule has 1 heterocycles. The minimum Gasteiger partial charge on any atom is -0.478 e. The Kier molecular flexibility index (Phi) is 3.97. The average molecular weight is 275 g/mol. The quantitative estimate of drug-likeness (QED) is 0.901. The van der Waals surface area contributed by atoms with Crippen LogP contribution in [0.4, 0.5) is 0 Å². The largest absolute Gasteiger partial charge is 0.478 e. The normalized spacial score (nSPS) is 10.2. The molecular weight excluding hydrogens is 262 g/mol. The van der Waals surface area contributed by atoms with Crippen molar-refractivity contribution in [3.8, 4) is 0 Å². The van der Waals surface area contributed by atoms with Crippen molar-refractivity contribution >= 4 is 23.2 Å². The first-order chi connectivity index (χ1) is 9.08. The van der Waals surface area contributed by atoms with Gasteiger partial charge in [0.2, 0.25) is 0 Å². The van der Waals surface area contributed by atoms with Crippen LogP contribution in [0, 0.1) is 6.92 Å². The third-order valence-corrected chi connectivity index (χ3v) is 3.59. The van der Waals surface area contributed by atoms with E-state index in [1.54, 1.807) is 23.6 Å². The zero-order valence-corrected chi connectivity index (χ0v) is 11.2. The number of rotatable bonds is 4. The summed E-state index contributed by atoms with van der Waals surface area (Å²) in [5.74, 6) is -1.11. The SMILES string of the molecule is Cc1cscc1C(=O)NCc1cccc(C(=O)O)c1. The molecular formula is C14H13NO3S. The first kappa shape index (κ1) is 13.3. The Morgan fingerprint density at radius 2 is 2.11 bits per heavy atom. The van der Waals surface area contributed by atoms with Crippen molar-refractivity contribution in [2.24, 2.45) is 0 Å². The van der Waals surface area contributed by atoms with Gasteiger partial charge >= 0.3 is 5.97 Å².